The van der Waals surface area contributed by atoms with E-state index in [2.05, 4.69) is 40.0 Å². The van der Waals surface area contributed by atoms with Crippen molar-refractivity contribution in [2.45, 2.75) is 24.7 Å². The van der Waals surface area contributed by atoms with Gasteiger partial charge in [0.05, 0.1) is 12.5 Å². The summed E-state index contributed by atoms with van der Waals surface area (Å²) in [5.74, 6) is 2.45. The average molecular weight is 398 g/mol. The second kappa shape index (κ2) is 6.57. The van der Waals surface area contributed by atoms with Crippen molar-refractivity contribution in [2.24, 2.45) is 5.41 Å². The quantitative estimate of drug-likeness (QED) is 0.467. The Bertz CT molecular complexity index is 833. The van der Waals surface area contributed by atoms with Gasteiger partial charge in [0.25, 0.3) is 0 Å². The van der Waals surface area contributed by atoms with Crippen LogP contribution in [-0.2, 0) is 14.9 Å². The molecule has 2 aromatic carbocycles. The van der Waals surface area contributed by atoms with Crippen molar-refractivity contribution in [2.75, 3.05) is 12.8 Å². The summed E-state index contributed by atoms with van der Waals surface area (Å²) in [5.41, 5.74) is 8.39. The Morgan fingerprint density at radius 3 is 2.40 bits per heavy atom. The maximum atomic E-state index is 11.6. The lowest BCUT2D eigenvalue weighted by atomic mass is 9.33. The zero-order valence-corrected chi connectivity index (χ0v) is 15.7. The monoisotopic (exact) mass is 397 g/mol. The molecule has 0 radical (unpaired) electrons. The fourth-order valence-corrected chi connectivity index (χ4v) is 4.37. The molecule has 3 saturated carbocycles. The summed E-state index contributed by atoms with van der Waals surface area (Å²) < 4.78 is 5.96. The second-order valence-corrected chi connectivity index (χ2v) is 7.74. The Labute approximate surface area is 156 Å². The highest BCUT2D eigenvalue weighted by atomic mass is 79.9. The lowest BCUT2D eigenvalue weighted by molar-refractivity contribution is -0.198. The maximum Gasteiger partial charge on any atom is 0.311 e. The molecule has 2 N–H and O–H groups in total. The van der Waals surface area contributed by atoms with E-state index >= 15 is 0 Å². The molecule has 3 aliphatic carbocycles. The van der Waals surface area contributed by atoms with Gasteiger partial charge in [-0.25, -0.2) is 0 Å². The van der Waals surface area contributed by atoms with Crippen LogP contribution >= 0.6 is 15.9 Å². The number of ether oxygens (including phenoxy) is 1. The van der Waals surface area contributed by atoms with Crippen LogP contribution in [0.5, 0.6) is 0 Å². The third-order valence-corrected chi connectivity index (χ3v) is 5.70. The number of terminal acetylenes is 1. The van der Waals surface area contributed by atoms with Gasteiger partial charge in [-0.15, -0.1) is 6.42 Å². The van der Waals surface area contributed by atoms with E-state index in [0.29, 0.717) is 5.69 Å². The van der Waals surface area contributed by atoms with E-state index in [1.54, 1.807) is 6.07 Å². The number of nitrogen functional groups attached to an aromatic ring is 1. The van der Waals surface area contributed by atoms with Gasteiger partial charge in [-0.3, -0.25) is 4.79 Å². The van der Waals surface area contributed by atoms with E-state index in [0.717, 1.165) is 29.3 Å². The van der Waals surface area contributed by atoms with E-state index in [-0.39, 0.29) is 16.8 Å². The first-order valence-corrected chi connectivity index (χ1v) is 8.90. The minimum Gasteiger partial charge on any atom is -0.469 e. The number of hydrogen-bond acceptors (Lipinski definition) is 3. The number of para-hydroxylation sites is 1. The minimum atomic E-state index is -0.142. The van der Waals surface area contributed by atoms with Gasteiger partial charge in [-0.1, -0.05) is 46.1 Å². The fraction of sp³-hybridized carbons (Fsp3) is 0.286. The van der Waals surface area contributed by atoms with Gasteiger partial charge in [-0.05, 0) is 54.5 Å². The van der Waals surface area contributed by atoms with E-state index in [1.165, 1.54) is 12.7 Å². The van der Waals surface area contributed by atoms with Gasteiger partial charge in [0.2, 0.25) is 0 Å². The summed E-state index contributed by atoms with van der Waals surface area (Å²) in [5, 5.41) is 0. The Hall–Kier alpha value is -2.25. The van der Waals surface area contributed by atoms with Gasteiger partial charge in [-0.2, -0.15) is 0 Å². The summed E-state index contributed by atoms with van der Waals surface area (Å²) in [6.45, 7) is 0. The van der Waals surface area contributed by atoms with E-state index < -0.39 is 0 Å². The number of hydrogen-bond donors (Lipinski definition) is 1. The zero-order valence-electron chi connectivity index (χ0n) is 14.1. The molecule has 3 nitrogen and oxygen atoms in total. The summed E-state index contributed by atoms with van der Waals surface area (Å²) in [7, 11) is 1.48. The van der Waals surface area contributed by atoms with Gasteiger partial charge >= 0.3 is 5.97 Å². The molecule has 0 atom stereocenters. The Morgan fingerprint density at radius 2 is 1.88 bits per heavy atom. The SMILES string of the molecule is C#Cc1ccccc1N.COC(=O)C12CC(c3cccc(Br)c3)(C1)C2. The first-order chi connectivity index (χ1) is 11.9. The van der Waals surface area contributed by atoms with Crippen molar-refractivity contribution < 1.29 is 9.53 Å². The van der Waals surface area contributed by atoms with Gasteiger partial charge < -0.3 is 10.5 Å². The van der Waals surface area contributed by atoms with Crippen LogP contribution in [0, 0.1) is 17.8 Å². The maximum absolute atomic E-state index is 11.6. The smallest absolute Gasteiger partial charge is 0.311 e. The molecule has 3 fully saturated rings. The molecular formula is C21H20BrNO2. The first kappa shape index (κ1) is 17.6. The van der Waals surface area contributed by atoms with Crippen molar-refractivity contribution in [3.05, 3.63) is 64.1 Å². The fourth-order valence-electron chi connectivity index (χ4n) is 3.97. The Balaban J connectivity index is 0.000000173. The van der Waals surface area contributed by atoms with Gasteiger partial charge in [0, 0.05) is 15.7 Å². The number of rotatable bonds is 2. The standard InChI is InChI=1S/C13H13BrO2.C8H7N/c1-16-11(15)13-6-12(7-13,8-13)9-3-2-4-10(14)5-9;1-2-7-5-3-4-6-8(7)9/h2-5H,6-8H2,1H3;1,3-6H,9H2. The largest absolute Gasteiger partial charge is 0.469 e. The number of halogens is 1. The van der Waals surface area contributed by atoms with Gasteiger partial charge in [0.1, 0.15) is 0 Å². The highest BCUT2D eigenvalue weighted by Gasteiger charge is 2.72. The average Bonchev–Trinajstić information content (AvgIpc) is 2.53. The molecule has 4 heteroatoms. The molecule has 2 bridgehead atoms. The predicted molar refractivity (Wildman–Crippen MR) is 103 cm³/mol. The van der Waals surface area contributed by atoms with Crippen molar-refractivity contribution in [1.29, 1.82) is 0 Å². The predicted octanol–water partition coefficient (Wildman–Crippen LogP) is 4.29. The molecule has 0 aromatic heterocycles. The molecule has 0 aliphatic heterocycles. The molecule has 3 aliphatic rings. The van der Waals surface area contributed by atoms with Crippen LogP contribution in [0.25, 0.3) is 0 Å². The molecule has 0 amide bonds. The molecule has 0 heterocycles. The summed E-state index contributed by atoms with van der Waals surface area (Å²) in [6, 6.07) is 15.7. The molecule has 0 saturated heterocycles. The van der Waals surface area contributed by atoms with Crippen LogP contribution in [0.2, 0.25) is 0 Å². The van der Waals surface area contributed by atoms with E-state index in [4.69, 9.17) is 16.9 Å². The van der Waals surface area contributed by atoms with Crippen LogP contribution in [0.1, 0.15) is 30.4 Å². The number of benzene rings is 2. The first-order valence-electron chi connectivity index (χ1n) is 8.10. The number of carbonyl (C=O) groups is 1. The van der Waals surface area contributed by atoms with E-state index in [9.17, 15) is 4.79 Å². The van der Waals surface area contributed by atoms with Crippen LogP contribution in [0.15, 0.2) is 53.0 Å². The lowest BCUT2D eigenvalue weighted by Crippen LogP contribution is -2.68. The summed E-state index contributed by atoms with van der Waals surface area (Å²) in [4.78, 5) is 11.6. The molecular weight excluding hydrogens is 378 g/mol. The van der Waals surface area contributed by atoms with Crippen molar-refractivity contribution in [3.8, 4) is 12.3 Å². The molecule has 5 rings (SSSR count). The van der Waals surface area contributed by atoms with Gasteiger partial charge in [0.15, 0.2) is 0 Å². The number of methoxy groups -OCH3 is 1. The zero-order chi connectivity index (χ0) is 18.1. The molecule has 25 heavy (non-hydrogen) atoms. The third-order valence-electron chi connectivity index (χ3n) is 5.20. The molecule has 0 spiro atoms. The Kier molecular flexibility index (Phi) is 4.62. The number of esters is 1. The lowest BCUT2D eigenvalue weighted by Gasteiger charge is -2.68. The van der Waals surface area contributed by atoms with Crippen LogP contribution in [0.4, 0.5) is 5.69 Å². The number of anilines is 1. The van der Waals surface area contributed by atoms with Crippen molar-refractivity contribution in [1.82, 2.24) is 0 Å². The summed E-state index contributed by atoms with van der Waals surface area (Å²) in [6.07, 6.45) is 8.00. The molecule has 2 aromatic rings. The van der Waals surface area contributed by atoms with Crippen molar-refractivity contribution in [3.63, 3.8) is 0 Å². The summed E-state index contributed by atoms with van der Waals surface area (Å²) >= 11 is 3.49. The van der Waals surface area contributed by atoms with E-state index in [1.807, 2.05) is 24.3 Å². The highest BCUT2D eigenvalue weighted by Crippen LogP contribution is 2.74. The normalized spacial score (nSPS) is 25.3. The molecule has 0 unspecified atom stereocenters. The Morgan fingerprint density at radius 1 is 1.20 bits per heavy atom. The number of carbonyl (C=O) groups excluding carboxylic acids is 1. The van der Waals surface area contributed by atoms with Crippen molar-refractivity contribution >= 4 is 27.6 Å². The highest BCUT2D eigenvalue weighted by molar-refractivity contribution is 9.10. The number of nitrogens with two attached hydrogens (primary N) is 1. The second-order valence-electron chi connectivity index (χ2n) is 6.82. The van der Waals surface area contributed by atoms with Crippen LogP contribution in [-0.4, -0.2) is 13.1 Å². The molecule has 128 valence electrons. The third kappa shape index (κ3) is 3.05. The topological polar surface area (TPSA) is 52.3 Å². The van der Waals surface area contributed by atoms with Crippen LogP contribution in [0.3, 0.4) is 0 Å². The minimum absolute atomic E-state index is 0.0237. The van der Waals surface area contributed by atoms with Crippen LogP contribution < -0.4 is 5.73 Å².